The molecule has 0 unspecified atom stereocenters. The van der Waals surface area contributed by atoms with Crippen molar-refractivity contribution in [1.29, 1.82) is 0 Å². The van der Waals surface area contributed by atoms with E-state index in [1.165, 1.54) is 12.4 Å². The van der Waals surface area contributed by atoms with E-state index >= 15 is 0 Å². The van der Waals surface area contributed by atoms with Crippen LogP contribution in [0.2, 0.25) is 5.15 Å². The summed E-state index contributed by atoms with van der Waals surface area (Å²) in [6.45, 7) is 0.312. The van der Waals surface area contributed by atoms with Crippen molar-refractivity contribution in [3.05, 3.63) is 71.0 Å². The van der Waals surface area contributed by atoms with Gasteiger partial charge in [0.15, 0.2) is 0 Å². The fourth-order valence-electron chi connectivity index (χ4n) is 3.28. The summed E-state index contributed by atoms with van der Waals surface area (Å²) in [5.41, 5.74) is 5.13. The summed E-state index contributed by atoms with van der Waals surface area (Å²) in [4.78, 5) is 37.9. The fourth-order valence-corrected chi connectivity index (χ4v) is 3.38. The highest BCUT2D eigenvalue weighted by Gasteiger charge is 2.21. The minimum atomic E-state index is -0.332. The Labute approximate surface area is 172 Å². The van der Waals surface area contributed by atoms with Crippen LogP contribution in [0, 0.1) is 0 Å². The number of hydrogen-bond donors (Lipinski definition) is 1. The average Bonchev–Trinajstić information content (AvgIpc) is 2.75. The minimum absolute atomic E-state index is 0.134. The Morgan fingerprint density at radius 3 is 2.76 bits per heavy atom. The van der Waals surface area contributed by atoms with Crippen molar-refractivity contribution in [3.63, 3.8) is 0 Å². The van der Waals surface area contributed by atoms with Gasteiger partial charge in [0.25, 0.3) is 5.91 Å². The Morgan fingerprint density at radius 2 is 1.97 bits per heavy atom. The van der Waals surface area contributed by atoms with Crippen LogP contribution < -0.4 is 10.2 Å². The van der Waals surface area contributed by atoms with Gasteiger partial charge in [-0.15, -0.1) is 0 Å². The van der Waals surface area contributed by atoms with E-state index in [2.05, 4.69) is 26.3 Å². The lowest BCUT2D eigenvalue weighted by atomic mass is 9.96. The molecule has 3 heterocycles. The molecule has 1 aromatic carbocycles. The first-order chi connectivity index (χ1) is 14.0. The second kappa shape index (κ2) is 7.97. The molecule has 2 aromatic heterocycles. The molecule has 0 spiro atoms. The maximum Gasteiger partial charge on any atom is 0.271 e. The number of pyridine rings is 1. The number of carbonyl (C=O) groups excluding carboxylic acids is 2. The van der Waals surface area contributed by atoms with Gasteiger partial charge in [-0.25, -0.2) is 9.97 Å². The minimum Gasteiger partial charge on any atom is -0.347 e. The third kappa shape index (κ3) is 4.09. The van der Waals surface area contributed by atoms with Crippen LogP contribution in [0.5, 0.6) is 0 Å². The molecule has 0 bridgehead atoms. The molecule has 0 saturated carbocycles. The van der Waals surface area contributed by atoms with E-state index in [4.69, 9.17) is 11.6 Å². The van der Waals surface area contributed by atoms with Crippen molar-refractivity contribution in [2.45, 2.75) is 19.4 Å². The lowest BCUT2D eigenvalue weighted by Crippen LogP contribution is -2.30. The van der Waals surface area contributed by atoms with Crippen LogP contribution in [0.25, 0.3) is 11.1 Å². The van der Waals surface area contributed by atoms with Gasteiger partial charge < -0.3 is 10.2 Å². The van der Waals surface area contributed by atoms with Crippen LogP contribution in [0.15, 0.2) is 49.1 Å². The number of nitrogens with zero attached hydrogens (tertiary/aromatic N) is 4. The Bertz CT molecular complexity index is 1080. The van der Waals surface area contributed by atoms with Gasteiger partial charge in [-0.05, 0) is 41.3 Å². The summed E-state index contributed by atoms with van der Waals surface area (Å²) >= 11 is 5.69. The highest BCUT2D eigenvalue weighted by Crippen LogP contribution is 2.31. The summed E-state index contributed by atoms with van der Waals surface area (Å²) in [5.74, 6) is -0.198. The molecule has 4 rings (SSSR count). The van der Waals surface area contributed by atoms with Crippen LogP contribution in [0.3, 0.4) is 0 Å². The van der Waals surface area contributed by atoms with E-state index < -0.39 is 0 Å². The van der Waals surface area contributed by atoms with E-state index in [0.29, 0.717) is 13.0 Å². The third-order valence-corrected chi connectivity index (χ3v) is 5.05. The van der Waals surface area contributed by atoms with Crippen LogP contribution in [0.1, 0.15) is 28.0 Å². The molecule has 146 valence electrons. The Hall–Kier alpha value is -3.32. The lowest BCUT2D eigenvalue weighted by Gasteiger charge is -2.26. The van der Waals surface area contributed by atoms with Crippen molar-refractivity contribution in [1.82, 2.24) is 20.3 Å². The predicted octanol–water partition coefficient (Wildman–Crippen LogP) is 3.03. The number of halogens is 1. The standard InChI is InChI=1S/C21H18ClN5O2/c1-27-18-4-2-14(7-15(18)3-5-20(27)28)16-6-13(8-23-10-16)9-26-21(29)17-11-25-19(22)12-24-17/h2,4,6-8,10-12H,3,5,9H2,1H3,(H,26,29). The summed E-state index contributed by atoms with van der Waals surface area (Å²) < 4.78 is 0. The molecule has 0 aliphatic carbocycles. The second-order valence-electron chi connectivity index (χ2n) is 6.79. The number of benzene rings is 1. The topological polar surface area (TPSA) is 88.1 Å². The SMILES string of the molecule is CN1C(=O)CCc2cc(-c3cncc(CNC(=O)c4cnc(Cl)cn4)c3)ccc21. The summed E-state index contributed by atoms with van der Waals surface area (Å²) in [5, 5.41) is 3.04. The predicted molar refractivity (Wildman–Crippen MR) is 110 cm³/mol. The number of rotatable bonds is 4. The molecule has 0 radical (unpaired) electrons. The Kier molecular flexibility index (Phi) is 5.22. The molecule has 29 heavy (non-hydrogen) atoms. The summed E-state index contributed by atoms with van der Waals surface area (Å²) in [7, 11) is 1.80. The number of aromatic nitrogens is 3. The van der Waals surface area contributed by atoms with Crippen LogP contribution >= 0.6 is 11.6 Å². The van der Waals surface area contributed by atoms with Crippen LogP contribution in [-0.2, 0) is 17.8 Å². The average molecular weight is 408 g/mol. The summed E-state index contributed by atoms with van der Waals surface area (Å²) in [6.07, 6.45) is 7.42. The highest BCUT2D eigenvalue weighted by molar-refractivity contribution is 6.29. The molecule has 2 amide bonds. The van der Waals surface area contributed by atoms with E-state index in [9.17, 15) is 9.59 Å². The van der Waals surface area contributed by atoms with Gasteiger partial charge in [-0.3, -0.25) is 14.6 Å². The quantitative estimate of drug-likeness (QED) is 0.718. The van der Waals surface area contributed by atoms with Crippen LogP contribution in [0.4, 0.5) is 5.69 Å². The van der Waals surface area contributed by atoms with Crippen molar-refractivity contribution < 1.29 is 9.59 Å². The molecule has 7 nitrogen and oxygen atoms in total. The molecule has 1 aliphatic heterocycles. The van der Waals surface area contributed by atoms with E-state index in [-0.39, 0.29) is 22.7 Å². The molecule has 1 N–H and O–H groups in total. The van der Waals surface area contributed by atoms with Crippen LogP contribution in [-0.4, -0.2) is 33.8 Å². The number of nitrogens with one attached hydrogen (secondary N) is 1. The van der Waals surface area contributed by atoms with Gasteiger partial charge in [0.1, 0.15) is 10.8 Å². The maximum absolute atomic E-state index is 12.2. The Morgan fingerprint density at radius 1 is 1.10 bits per heavy atom. The maximum atomic E-state index is 12.2. The zero-order valence-corrected chi connectivity index (χ0v) is 16.5. The molecule has 0 fully saturated rings. The van der Waals surface area contributed by atoms with E-state index in [1.807, 2.05) is 18.2 Å². The zero-order chi connectivity index (χ0) is 20.4. The first-order valence-corrected chi connectivity index (χ1v) is 9.48. The smallest absolute Gasteiger partial charge is 0.271 e. The molecule has 0 saturated heterocycles. The monoisotopic (exact) mass is 407 g/mol. The number of carbonyl (C=O) groups is 2. The van der Waals surface area contributed by atoms with Crippen molar-refractivity contribution in [3.8, 4) is 11.1 Å². The van der Waals surface area contributed by atoms with E-state index in [1.54, 1.807) is 24.3 Å². The second-order valence-corrected chi connectivity index (χ2v) is 7.17. The fraction of sp³-hybridized carbons (Fsp3) is 0.190. The first kappa shape index (κ1) is 19.0. The van der Waals surface area contributed by atoms with Crippen molar-refractivity contribution in [2.24, 2.45) is 0 Å². The molecular formula is C21H18ClN5O2. The van der Waals surface area contributed by atoms with Gasteiger partial charge in [0.05, 0.1) is 12.4 Å². The number of hydrogen-bond acceptors (Lipinski definition) is 5. The van der Waals surface area contributed by atoms with Gasteiger partial charge in [-0.1, -0.05) is 17.7 Å². The van der Waals surface area contributed by atoms with Gasteiger partial charge >= 0.3 is 0 Å². The van der Waals surface area contributed by atoms with E-state index in [0.717, 1.165) is 34.4 Å². The number of anilines is 1. The van der Waals surface area contributed by atoms with Crippen molar-refractivity contribution in [2.75, 3.05) is 11.9 Å². The molecule has 0 atom stereocenters. The highest BCUT2D eigenvalue weighted by atomic mass is 35.5. The normalized spacial score (nSPS) is 13.2. The first-order valence-electron chi connectivity index (χ1n) is 9.11. The zero-order valence-electron chi connectivity index (χ0n) is 15.7. The molecule has 3 aromatic rings. The number of aryl methyl sites for hydroxylation is 1. The summed E-state index contributed by atoms with van der Waals surface area (Å²) in [6, 6.07) is 8.03. The third-order valence-electron chi connectivity index (χ3n) is 4.86. The number of fused-ring (bicyclic) bond motifs is 1. The lowest BCUT2D eigenvalue weighted by molar-refractivity contribution is -0.118. The van der Waals surface area contributed by atoms with Gasteiger partial charge in [-0.2, -0.15) is 0 Å². The Balaban J connectivity index is 1.50. The largest absolute Gasteiger partial charge is 0.347 e. The van der Waals surface area contributed by atoms with Gasteiger partial charge in [0, 0.05) is 43.7 Å². The number of amides is 2. The molecule has 8 heteroatoms. The molecule has 1 aliphatic rings. The molecular weight excluding hydrogens is 390 g/mol. The van der Waals surface area contributed by atoms with Gasteiger partial charge in [0.2, 0.25) is 5.91 Å². The van der Waals surface area contributed by atoms with Crippen molar-refractivity contribution >= 4 is 29.1 Å².